The Hall–Kier alpha value is -1.75. The van der Waals surface area contributed by atoms with E-state index in [1.807, 2.05) is 26.0 Å². The van der Waals surface area contributed by atoms with Gasteiger partial charge in [0.25, 0.3) is 0 Å². The Morgan fingerprint density at radius 3 is 2.94 bits per heavy atom. The van der Waals surface area contributed by atoms with E-state index < -0.39 is 0 Å². The second-order valence-electron chi connectivity index (χ2n) is 4.26. The Balaban J connectivity index is 2.18. The normalized spacial score (nSPS) is 12.6. The van der Waals surface area contributed by atoms with E-state index in [1.54, 1.807) is 6.20 Å². The third-order valence-corrected chi connectivity index (χ3v) is 2.75. The molecule has 0 radical (unpaired) electrons. The van der Waals surface area contributed by atoms with Crippen molar-refractivity contribution >= 4 is 0 Å². The maximum Gasteiger partial charge on any atom is 0.249 e. The lowest BCUT2D eigenvalue weighted by molar-refractivity contribution is 0.423. The molecule has 5 heteroatoms. The van der Waals surface area contributed by atoms with Gasteiger partial charge in [-0.05, 0) is 38.9 Å². The van der Waals surface area contributed by atoms with Gasteiger partial charge < -0.3 is 9.73 Å². The van der Waals surface area contributed by atoms with Crippen molar-refractivity contribution in [2.75, 3.05) is 6.54 Å². The molecule has 1 atom stereocenters. The largest absolute Gasteiger partial charge is 0.419 e. The Morgan fingerprint density at radius 1 is 1.39 bits per heavy atom. The zero-order valence-electron chi connectivity index (χ0n) is 11.0. The van der Waals surface area contributed by atoms with E-state index >= 15 is 0 Å². The molecular weight excluding hydrogens is 228 g/mol. The fourth-order valence-electron chi connectivity index (χ4n) is 1.68. The molecule has 2 aromatic heterocycles. The predicted molar refractivity (Wildman–Crippen MR) is 69.0 cm³/mol. The highest BCUT2D eigenvalue weighted by Crippen LogP contribution is 2.22. The van der Waals surface area contributed by atoms with Crippen LogP contribution in [0.15, 0.2) is 22.7 Å². The molecule has 2 rings (SSSR count). The molecule has 0 amide bonds. The summed E-state index contributed by atoms with van der Waals surface area (Å²) < 4.78 is 5.68. The Kier molecular flexibility index (Phi) is 4.04. The number of pyridine rings is 1. The summed E-state index contributed by atoms with van der Waals surface area (Å²) in [6, 6.07) is 3.87. The van der Waals surface area contributed by atoms with E-state index in [1.165, 1.54) is 0 Å². The van der Waals surface area contributed by atoms with Crippen LogP contribution < -0.4 is 5.32 Å². The number of hydrogen-bond acceptors (Lipinski definition) is 5. The minimum absolute atomic E-state index is 0.0724. The van der Waals surface area contributed by atoms with Crippen molar-refractivity contribution in [2.24, 2.45) is 0 Å². The maximum absolute atomic E-state index is 5.68. The highest BCUT2D eigenvalue weighted by molar-refractivity contribution is 5.55. The predicted octanol–water partition coefficient (Wildman–Crippen LogP) is 2.50. The van der Waals surface area contributed by atoms with Crippen molar-refractivity contribution < 1.29 is 4.42 Å². The molecule has 5 nitrogen and oxygen atoms in total. The zero-order chi connectivity index (χ0) is 13.0. The molecule has 2 heterocycles. The molecular formula is C13H18N4O. The van der Waals surface area contributed by atoms with Crippen LogP contribution in [0.25, 0.3) is 11.5 Å². The number of nitrogens with zero attached hydrogens (tertiary/aromatic N) is 3. The van der Waals surface area contributed by atoms with Gasteiger partial charge in [-0.3, -0.25) is 4.98 Å². The minimum atomic E-state index is 0.0724. The van der Waals surface area contributed by atoms with Gasteiger partial charge >= 0.3 is 0 Å². The number of aromatic nitrogens is 3. The second kappa shape index (κ2) is 5.73. The molecule has 0 saturated heterocycles. The molecule has 96 valence electrons. The average molecular weight is 246 g/mol. The maximum atomic E-state index is 5.68. The van der Waals surface area contributed by atoms with Crippen molar-refractivity contribution in [3.8, 4) is 11.5 Å². The van der Waals surface area contributed by atoms with Crippen LogP contribution in [0, 0.1) is 6.92 Å². The molecule has 0 aliphatic carbocycles. The summed E-state index contributed by atoms with van der Waals surface area (Å²) >= 11 is 0. The summed E-state index contributed by atoms with van der Waals surface area (Å²) in [5, 5.41) is 11.5. The SMILES string of the molecule is CCCNC(C)c1nnc(-c2cccnc2C)o1. The van der Waals surface area contributed by atoms with Gasteiger partial charge in [0, 0.05) is 11.9 Å². The quantitative estimate of drug-likeness (QED) is 0.878. The van der Waals surface area contributed by atoms with Crippen molar-refractivity contribution in [1.29, 1.82) is 0 Å². The summed E-state index contributed by atoms with van der Waals surface area (Å²) in [6.07, 6.45) is 2.83. The van der Waals surface area contributed by atoms with Gasteiger partial charge in [-0.25, -0.2) is 0 Å². The molecule has 0 bridgehead atoms. The Bertz CT molecular complexity index is 509. The standard InChI is InChI=1S/C13H18N4O/c1-4-7-14-10(3)12-16-17-13(18-12)11-6-5-8-15-9(11)2/h5-6,8,10,14H,4,7H2,1-3H3. The van der Waals surface area contributed by atoms with E-state index in [-0.39, 0.29) is 6.04 Å². The summed E-state index contributed by atoms with van der Waals surface area (Å²) in [7, 11) is 0. The van der Waals surface area contributed by atoms with Gasteiger partial charge in [0.2, 0.25) is 11.8 Å². The summed E-state index contributed by atoms with van der Waals surface area (Å²) in [6.45, 7) is 7.00. The molecule has 1 unspecified atom stereocenters. The fraction of sp³-hybridized carbons (Fsp3) is 0.462. The molecule has 2 aromatic rings. The number of aryl methyl sites for hydroxylation is 1. The Labute approximate surface area is 107 Å². The molecule has 0 spiro atoms. The lowest BCUT2D eigenvalue weighted by atomic mass is 10.2. The van der Waals surface area contributed by atoms with Gasteiger partial charge in [0.1, 0.15) is 0 Å². The first-order valence-electron chi connectivity index (χ1n) is 6.21. The monoisotopic (exact) mass is 246 g/mol. The van der Waals surface area contributed by atoms with Gasteiger partial charge in [-0.15, -0.1) is 10.2 Å². The van der Waals surface area contributed by atoms with E-state index in [0.717, 1.165) is 24.2 Å². The lowest BCUT2D eigenvalue weighted by Crippen LogP contribution is -2.19. The molecule has 1 N–H and O–H groups in total. The van der Waals surface area contributed by atoms with Gasteiger partial charge in [0.15, 0.2) is 0 Å². The van der Waals surface area contributed by atoms with Gasteiger partial charge in [0.05, 0.1) is 11.6 Å². The Morgan fingerprint density at radius 2 is 2.22 bits per heavy atom. The average Bonchev–Trinajstić information content (AvgIpc) is 2.86. The van der Waals surface area contributed by atoms with Crippen LogP contribution in [0.1, 0.15) is 37.9 Å². The van der Waals surface area contributed by atoms with E-state index in [4.69, 9.17) is 4.42 Å². The van der Waals surface area contributed by atoms with Crippen LogP contribution in [-0.4, -0.2) is 21.7 Å². The van der Waals surface area contributed by atoms with Crippen molar-refractivity contribution in [2.45, 2.75) is 33.2 Å². The first-order valence-corrected chi connectivity index (χ1v) is 6.21. The van der Waals surface area contributed by atoms with Crippen LogP contribution in [0.3, 0.4) is 0 Å². The first kappa shape index (κ1) is 12.7. The van der Waals surface area contributed by atoms with Crippen molar-refractivity contribution in [3.63, 3.8) is 0 Å². The second-order valence-corrected chi connectivity index (χ2v) is 4.26. The van der Waals surface area contributed by atoms with Crippen LogP contribution in [0.2, 0.25) is 0 Å². The summed E-state index contributed by atoms with van der Waals surface area (Å²) in [5.74, 6) is 1.14. The van der Waals surface area contributed by atoms with E-state index in [0.29, 0.717) is 11.8 Å². The van der Waals surface area contributed by atoms with Gasteiger partial charge in [-0.1, -0.05) is 6.92 Å². The zero-order valence-corrected chi connectivity index (χ0v) is 11.0. The molecule has 18 heavy (non-hydrogen) atoms. The van der Waals surface area contributed by atoms with Crippen molar-refractivity contribution in [1.82, 2.24) is 20.5 Å². The van der Waals surface area contributed by atoms with Crippen LogP contribution in [-0.2, 0) is 0 Å². The van der Waals surface area contributed by atoms with Gasteiger partial charge in [-0.2, -0.15) is 0 Å². The van der Waals surface area contributed by atoms with Crippen LogP contribution in [0.5, 0.6) is 0 Å². The van der Waals surface area contributed by atoms with Crippen LogP contribution in [0.4, 0.5) is 0 Å². The van der Waals surface area contributed by atoms with Crippen molar-refractivity contribution in [3.05, 3.63) is 29.9 Å². The third-order valence-electron chi connectivity index (χ3n) is 2.75. The molecule has 0 aromatic carbocycles. The molecule has 0 saturated carbocycles. The molecule has 0 aliphatic rings. The number of hydrogen-bond donors (Lipinski definition) is 1. The van der Waals surface area contributed by atoms with E-state index in [2.05, 4.69) is 27.4 Å². The van der Waals surface area contributed by atoms with Crippen LogP contribution >= 0.6 is 0 Å². The smallest absolute Gasteiger partial charge is 0.249 e. The molecule has 0 fully saturated rings. The highest BCUT2D eigenvalue weighted by Gasteiger charge is 2.15. The molecule has 0 aliphatic heterocycles. The highest BCUT2D eigenvalue weighted by atomic mass is 16.4. The number of nitrogens with one attached hydrogen (secondary N) is 1. The minimum Gasteiger partial charge on any atom is -0.419 e. The lowest BCUT2D eigenvalue weighted by Gasteiger charge is -2.07. The first-order chi connectivity index (χ1) is 8.72. The number of rotatable bonds is 5. The third kappa shape index (κ3) is 2.73. The summed E-state index contributed by atoms with van der Waals surface area (Å²) in [5.41, 5.74) is 1.78. The fourth-order valence-corrected chi connectivity index (χ4v) is 1.68. The van der Waals surface area contributed by atoms with E-state index in [9.17, 15) is 0 Å². The summed E-state index contributed by atoms with van der Waals surface area (Å²) in [4.78, 5) is 4.22. The topological polar surface area (TPSA) is 63.8 Å².